The van der Waals surface area contributed by atoms with Gasteiger partial charge in [-0.15, -0.1) is 0 Å². The van der Waals surface area contributed by atoms with Gasteiger partial charge in [0.2, 0.25) is 5.78 Å². The first-order valence-electron chi connectivity index (χ1n) is 2.91. The second kappa shape index (κ2) is 7.14. The van der Waals surface area contributed by atoms with Crippen LogP contribution in [0.2, 0.25) is 0 Å². The monoisotopic (exact) mass is 131 g/mol. The maximum Gasteiger partial charge on any atom is 0.286 e. The van der Waals surface area contributed by atoms with Gasteiger partial charge in [-0.25, -0.2) is 0 Å². The van der Waals surface area contributed by atoms with Crippen LogP contribution in [0.4, 0.5) is 0 Å². The van der Waals surface area contributed by atoms with Crippen LogP contribution in [0.5, 0.6) is 0 Å². The molecule has 0 saturated heterocycles. The van der Waals surface area contributed by atoms with Crippen molar-refractivity contribution in [3.05, 3.63) is 0 Å². The minimum atomic E-state index is -0.542. The van der Waals surface area contributed by atoms with E-state index in [-0.39, 0.29) is 0 Å². The molecule has 0 radical (unpaired) electrons. The van der Waals surface area contributed by atoms with Gasteiger partial charge in [0.15, 0.2) is 0 Å². The van der Waals surface area contributed by atoms with Crippen molar-refractivity contribution in [3.63, 3.8) is 0 Å². The fourth-order valence-corrected chi connectivity index (χ4v) is 0.176. The van der Waals surface area contributed by atoms with Crippen molar-refractivity contribution in [2.45, 2.75) is 20.8 Å². The molecule has 0 aromatic carbocycles. The Bertz CT molecular complexity index is 99.2. The Morgan fingerprint density at radius 1 is 1.22 bits per heavy atom. The highest BCUT2D eigenvalue weighted by molar-refractivity contribution is 6.35. The van der Waals surface area contributed by atoms with Crippen LogP contribution >= 0.6 is 0 Å². The minimum absolute atomic E-state index is 0.456. The zero-order chi connectivity index (χ0) is 7.86. The Hall–Kier alpha value is -0.860. The number of ketones is 1. The van der Waals surface area contributed by atoms with E-state index in [0.29, 0.717) is 0 Å². The molecule has 0 saturated carbocycles. The summed E-state index contributed by atoms with van der Waals surface area (Å²) in [5.41, 5.74) is 0. The number of carbonyl (C=O) groups is 2. The van der Waals surface area contributed by atoms with E-state index in [4.69, 9.17) is 0 Å². The molecule has 54 valence electrons. The number of Topliss-reactive ketones (excluding diaryl/α,β-unsaturated/α-hetero) is 1. The summed E-state index contributed by atoms with van der Waals surface area (Å²) in [7, 11) is 1.42. The van der Waals surface area contributed by atoms with Crippen molar-refractivity contribution in [2.24, 2.45) is 0 Å². The zero-order valence-corrected chi connectivity index (χ0v) is 6.32. The lowest BCUT2D eigenvalue weighted by atomic mass is 10.4. The minimum Gasteiger partial charge on any atom is -0.353 e. The van der Waals surface area contributed by atoms with Crippen molar-refractivity contribution < 1.29 is 9.59 Å². The van der Waals surface area contributed by atoms with E-state index in [2.05, 4.69) is 5.32 Å². The van der Waals surface area contributed by atoms with Crippen LogP contribution in [-0.2, 0) is 9.59 Å². The van der Waals surface area contributed by atoms with E-state index in [0.717, 1.165) is 0 Å². The van der Waals surface area contributed by atoms with Gasteiger partial charge < -0.3 is 5.32 Å². The van der Waals surface area contributed by atoms with Gasteiger partial charge in [0.1, 0.15) is 0 Å². The van der Waals surface area contributed by atoms with Gasteiger partial charge in [0.05, 0.1) is 0 Å². The second-order valence-corrected chi connectivity index (χ2v) is 1.14. The molecule has 3 heteroatoms. The van der Waals surface area contributed by atoms with Gasteiger partial charge in [-0.2, -0.15) is 0 Å². The number of likely N-dealkylation sites (N-methyl/N-ethyl adjacent to an activating group) is 1. The van der Waals surface area contributed by atoms with E-state index in [1.165, 1.54) is 14.0 Å². The van der Waals surface area contributed by atoms with Crippen molar-refractivity contribution in [2.75, 3.05) is 7.05 Å². The van der Waals surface area contributed by atoms with E-state index < -0.39 is 11.7 Å². The largest absolute Gasteiger partial charge is 0.353 e. The lowest BCUT2D eigenvalue weighted by Crippen LogP contribution is -2.24. The normalized spacial score (nSPS) is 6.67. The van der Waals surface area contributed by atoms with Crippen LogP contribution < -0.4 is 5.32 Å². The standard InChI is InChI=1S/C4H7NO2.C2H6/c1-3(6)4(7)5-2;1-2/h1-2H3,(H,5,7);1-2H3. The first-order valence-corrected chi connectivity index (χ1v) is 2.91. The first kappa shape index (κ1) is 11.0. The third-order valence-electron chi connectivity index (χ3n) is 0.547. The van der Waals surface area contributed by atoms with E-state index in [1.807, 2.05) is 13.8 Å². The van der Waals surface area contributed by atoms with Crippen LogP contribution in [0.1, 0.15) is 20.8 Å². The van der Waals surface area contributed by atoms with Crippen LogP contribution in [-0.4, -0.2) is 18.7 Å². The molecule has 9 heavy (non-hydrogen) atoms. The van der Waals surface area contributed by atoms with Gasteiger partial charge >= 0.3 is 0 Å². The number of carbonyl (C=O) groups excluding carboxylic acids is 2. The molecule has 0 aliphatic carbocycles. The molecule has 0 aliphatic rings. The SMILES string of the molecule is CC.CNC(=O)C(C)=O. The molecule has 0 fully saturated rings. The highest BCUT2D eigenvalue weighted by atomic mass is 16.2. The summed E-state index contributed by atoms with van der Waals surface area (Å²) < 4.78 is 0. The number of amides is 1. The van der Waals surface area contributed by atoms with E-state index in [1.54, 1.807) is 0 Å². The zero-order valence-electron chi connectivity index (χ0n) is 6.32. The van der Waals surface area contributed by atoms with Crippen molar-refractivity contribution in [3.8, 4) is 0 Å². The molecule has 3 nitrogen and oxygen atoms in total. The molecule has 0 unspecified atom stereocenters. The van der Waals surface area contributed by atoms with Crippen molar-refractivity contribution >= 4 is 11.7 Å². The Morgan fingerprint density at radius 3 is 1.56 bits per heavy atom. The summed E-state index contributed by atoms with van der Waals surface area (Å²) >= 11 is 0. The first-order chi connectivity index (χ1) is 4.18. The smallest absolute Gasteiger partial charge is 0.286 e. The molecule has 0 aromatic rings. The molecular formula is C6H13NO2. The van der Waals surface area contributed by atoms with Crippen molar-refractivity contribution in [1.29, 1.82) is 0 Å². The average molecular weight is 131 g/mol. The van der Waals surface area contributed by atoms with Gasteiger partial charge in [-0.05, 0) is 0 Å². The van der Waals surface area contributed by atoms with Gasteiger partial charge in [-0.1, -0.05) is 13.8 Å². The van der Waals surface area contributed by atoms with Crippen molar-refractivity contribution in [1.82, 2.24) is 5.32 Å². The predicted molar refractivity (Wildman–Crippen MR) is 36.1 cm³/mol. The average Bonchev–Trinajstić information content (AvgIpc) is 1.91. The maximum atomic E-state index is 10.1. The highest BCUT2D eigenvalue weighted by Crippen LogP contribution is 1.63. The van der Waals surface area contributed by atoms with Gasteiger partial charge in [0.25, 0.3) is 5.91 Å². The Balaban J connectivity index is 0. The third kappa shape index (κ3) is 7.14. The molecule has 0 atom stereocenters. The summed E-state index contributed by atoms with van der Waals surface area (Å²) in [6.07, 6.45) is 0. The lowest BCUT2D eigenvalue weighted by Gasteiger charge is -1.86. The fraction of sp³-hybridized carbons (Fsp3) is 0.667. The van der Waals surface area contributed by atoms with E-state index >= 15 is 0 Å². The number of rotatable bonds is 1. The summed E-state index contributed by atoms with van der Waals surface area (Å²) in [5.74, 6) is -0.998. The topological polar surface area (TPSA) is 46.2 Å². The van der Waals surface area contributed by atoms with Crippen LogP contribution in [0.3, 0.4) is 0 Å². The predicted octanol–water partition coefficient (Wildman–Crippen LogP) is 0.348. The van der Waals surface area contributed by atoms with Gasteiger partial charge in [0, 0.05) is 14.0 Å². The second-order valence-electron chi connectivity index (χ2n) is 1.14. The fourth-order valence-electron chi connectivity index (χ4n) is 0.176. The maximum absolute atomic E-state index is 10.1. The number of nitrogens with one attached hydrogen (secondary N) is 1. The van der Waals surface area contributed by atoms with Crippen LogP contribution in [0.25, 0.3) is 0 Å². The lowest BCUT2D eigenvalue weighted by molar-refractivity contribution is -0.136. The summed E-state index contributed by atoms with van der Waals surface area (Å²) in [6.45, 7) is 5.22. The Kier molecular flexibility index (Phi) is 8.73. The Morgan fingerprint density at radius 2 is 1.56 bits per heavy atom. The van der Waals surface area contributed by atoms with E-state index in [9.17, 15) is 9.59 Å². The summed E-state index contributed by atoms with van der Waals surface area (Å²) in [4.78, 5) is 20.0. The van der Waals surface area contributed by atoms with Crippen LogP contribution in [0, 0.1) is 0 Å². The summed E-state index contributed by atoms with van der Waals surface area (Å²) in [6, 6.07) is 0. The van der Waals surface area contributed by atoms with Crippen LogP contribution in [0.15, 0.2) is 0 Å². The quantitative estimate of drug-likeness (QED) is 0.522. The molecule has 0 aromatic heterocycles. The third-order valence-corrected chi connectivity index (χ3v) is 0.547. The molecule has 0 aliphatic heterocycles. The molecule has 0 rings (SSSR count). The summed E-state index contributed by atoms with van der Waals surface area (Å²) in [5, 5.41) is 2.18. The molecule has 1 N–H and O–H groups in total. The Labute approximate surface area is 55.4 Å². The molecule has 0 spiro atoms. The van der Waals surface area contributed by atoms with Gasteiger partial charge in [-0.3, -0.25) is 9.59 Å². The molecule has 1 amide bonds. The molecule has 0 bridgehead atoms. The number of hydrogen-bond donors (Lipinski definition) is 1. The number of hydrogen-bond acceptors (Lipinski definition) is 2. The highest BCUT2D eigenvalue weighted by Gasteiger charge is 2.00. The molecular weight excluding hydrogens is 118 g/mol. The molecule has 0 heterocycles.